The van der Waals surface area contributed by atoms with E-state index in [9.17, 15) is 4.79 Å². The van der Waals surface area contributed by atoms with Gasteiger partial charge in [0, 0.05) is 12.8 Å². The minimum absolute atomic E-state index is 0.315. The van der Waals surface area contributed by atoms with Crippen LogP contribution in [0.3, 0.4) is 0 Å². The second-order valence-electron chi connectivity index (χ2n) is 5.62. The van der Waals surface area contributed by atoms with Gasteiger partial charge in [0.15, 0.2) is 0 Å². The first kappa shape index (κ1) is 14.5. The van der Waals surface area contributed by atoms with Crippen molar-refractivity contribution < 1.29 is 4.79 Å². The van der Waals surface area contributed by atoms with Crippen LogP contribution in [-0.2, 0) is 17.6 Å². The summed E-state index contributed by atoms with van der Waals surface area (Å²) in [6.45, 7) is 6.27. The summed E-state index contributed by atoms with van der Waals surface area (Å²) in [5.74, 6) is 0.315. The second-order valence-corrected chi connectivity index (χ2v) is 5.62. The lowest BCUT2D eigenvalue weighted by Crippen LogP contribution is -2.05. The van der Waals surface area contributed by atoms with E-state index in [-0.39, 0.29) is 0 Å². The van der Waals surface area contributed by atoms with Crippen molar-refractivity contribution in [3.8, 4) is 0 Å². The van der Waals surface area contributed by atoms with Gasteiger partial charge < -0.3 is 0 Å². The third-order valence-electron chi connectivity index (χ3n) is 3.75. The molecule has 0 aliphatic heterocycles. The van der Waals surface area contributed by atoms with Crippen molar-refractivity contribution in [1.82, 2.24) is 0 Å². The third kappa shape index (κ3) is 4.06. The van der Waals surface area contributed by atoms with E-state index in [4.69, 9.17) is 0 Å². The van der Waals surface area contributed by atoms with Gasteiger partial charge in [0.25, 0.3) is 0 Å². The Balaban J connectivity index is 1.91. The van der Waals surface area contributed by atoms with Gasteiger partial charge in [-0.15, -0.1) is 0 Å². The molecule has 2 aromatic carbocycles. The molecule has 0 atom stereocenters. The molecule has 1 nitrogen and oxygen atoms in total. The Morgan fingerprint density at radius 3 is 2.40 bits per heavy atom. The Bertz CT molecular complexity index is 611. The molecule has 0 spiro atoms. The Kier molecular flexibility index (Phi) is 4.73. The minimum Gasteiger partial charge on any atom is -0.299 e. The van der Waals surface area contributed by atoms with Gasteiger partial charge in [0.1, 0.15) is 5.78 Å². The molecule has 20 heavy (non-hydrogen) atoms. The first-order valence-corrected chi connectivity index (χ1v) is 7.18. The molecule has 2 aromatic rings. The predicted octanol–water partition coefficient (Wildman–Crippen LogP) is 4.36. The van der Waals surface area contributed by atoms with Crippen LogP contribution in [0, 0.1) is 20.8 Å². The average molecular weight is 266 g/mol. The van der Waals surface area contributed by atoms with Gasteiger partial charge in [-0.1, -0.05) is 48.0 Å². The third-order valence-corrected chi connectivity index (χ3v) is 3.75. The molecule has 0 aliphatic rings. The number of aryl methyl sites for hydroxylation is 4. The summed E-state index contributed by atoms with van der Waals surface area (Å²) in [6, 6.07) is 14.7. The fourth-order valence-electron chi connectivity index (χ4n) is 2.38. The Morgan fingerprint density at radius 1 is 0.900 bits per heavy atom. The summed E-state index contributed by atoms with van der Waals surface area (Å²) in [5, 5.41) is 0. The zero-order valence-corrected chi connectivity index (χ0v) is 12.6. The highest BCUT2D eigenvalue weighted by atomic mass is 16.1. The van der Waals surface area contributed by atoms with Crippen molar-refractivity contribution >= 4 is 5.78 Å². The highest BCUT2D eigenvalue weighted by Gasteiger charge is 2.05. The van der Waals surface area contributed by atoms with Gasteiger partial charge in [0.05, 0.1) is 0 Å². The van der Waals surface area contributed by atoms with Crippen LogP contribution in [0.25, 0.3) is 0 Å². The molecule has 104 valence electrons. The van der Waals surface area contributed by atoms with Crippen molar-refractivity contribution in [1.29, 1.82) is 0 Å². The normalized spacial score (nSPS) is 10.6. The highest BCUT2D eigenvalue weighted by molar-refractivity contribution is 5.81. The Labute approximate surface area is 121 Å². The maximum atomic E-state index is 12.1. The lowest BCUT2D eigenvalue weighted by atomic mass is 9.99. The number of benzene rings is 2. The van der Waals surface area contributed by atoms with Crippen LogP contribution in [0.15, 0.2) is 42.5 Å². The summed E-state index contributed by atoms with van der Waals surface area (Å²) in [4.78, 5) is 12.1. The smallest absolute Gasteiger partial charge is 0.137 e. The molecule has 0 aliphatic carbocycles. The lowest BCUT2D eigenvalue weighted by Gasteiger charge is -2.05. The number of hydrogen-bond acceptors (Lipinski definition) is 1. The van der Waals surface area contributed by atoms with Crippen molar-refractivity contribution in [2.24, 2.45) is 0 Å². The predicted molar refractivity (Wildman–Crippen MR) is 84.1 cm³/mol. The van der Waals surface area contributed by atoms with E-state index >= 15 is 0 Å². The van der Waals surface area contributed by atoms with Gasteiger partial charge in [0.2, 0.25) is 0 Å². The second kappa shape index (κ2) is 6.51. The molecule has 0 aromatic heterocycles. The van der Waals surface area contributed by atoms with Gasteiger partial charge in [-0.25, -0.2) is 0 Å². The first-order chi connectivity index (χ1) is 9.54. The summed E-state index contributed by atoms with van der Waals surface area (Å²) in [6.07, 6.45) is 2.01. The van der Waals surface area contributed by atoms with E-state index < -0.39 is 0 Å². The van der Waals surface area contributed by atoms with Crippen LogP contribution in [0.1, 0.15) is 34.2 Å². The molecule has 0 N–H and O–H groups in total. The number of rotatable bonds is 5. The minimum atomic E-state index is 0.315. The van der Waals surface area contributed by atoms with Gasteiger partial charge >= 0.3 is 0 Å². The van der Waals surface area contributed by atoms with Crippen LogP contribution in [0.2, 0.25) is 0 Å². The number of carbonyl (C=O) groups excluding carboxylic acids is 1. The van der Waals surface area contributed by atoms with E-state index in [0.29, 0.717) is 18.6 Å². The van der Waals surface area contributed by atoms with Crippen LogP contribution in [0.5, 0.6) is 0 Å². The molecule has 0 saturated carbocycles. The molecule has 0 unspecified atom stereocenters. The van der Waals surface area contributed by atoms with Crippen molar-refractivity contribution in [3.63, 3.8) is 0 Å². The van der Waals surface area contributed by atoms with Gasteiger partial charge in [-0.2, -0.15) is 0 Å². The number of carbonyl (C=O) groups is 1. The standard InChI is InChI=1S/C19H22O/c1-14-5-4-6-17(11-14)9-10-19(20)13-18-8-7-15(2)16(3)12-18/h4-8,11-12H,9-10,13H2,1-3H3. The zero-order chi connectivity index (χ0) is 14.5. The molecule has 0 bridgehead atoms. The molecular weight excluding hydrogens is 244 g/mol. The molecule has 0 fully saturated rings. The fraction of sp³-hybridized carbons (Fsp3) is 0.316. The number of ketones is 1. The molecule has 0 amide bonds. The van der Waals surface area contributed by atoms with E-state index in [1.807, 2.05) is 0 Å². The van der Waals surface area contributed by atoms with E-state index in [2.05, 4.69) is 63.2 Å². The highest BCUT2D eigenvalue weighted by Crippen LogP contribution is 2.12. The summed E-state index contributed by atoms with van der Waals surface area (Å²) in [5.41, 5.74) is 6.17. The molecule has 0 heterocycles. The maximum Gasteiger partial charge on any atom is 0.137 e. The summed E-state index contributed by atoms with van der Waals surface area (Å²) >= 11 is 0. The molecule has 1 heteroatoms. The van der Waals surface area contributed by atoms with Crippen molar-refractivity contribution in [2.45, 2.75) is 40.0 Å². The van der Waals surface area contributed by atoms with Crippen molar-refractivity contribution in [3.05, 3.63) is 70.3 Å². The number of Topliss-reactive ketones (excluding diaryl/α,β-unsaturated/α-hetero) is 1. The van der Waals surface area contributed by atoms with Gasteiger partial charge in [-0.05, 0) is 49.4 Å². The largest absolute Gasteiger partial charge is 0.299 e. The summed E-state index contributed by atoms with van der Waals surface area (Å²) < 4.78 is 0. The Morgan fingerprint density at radius 2 is 1.70 bits per heavy atom. The average Bonchev–Trinajstić information content (AvgIpc) is 2.41. The van der Waals surface area contributed by atoms with E-state index in [0.717, 1.165) is 12.0 Å². The lowest BCUT2D eigenvalue weighted by molar-refractivity contribution is -0.118. The molecular formula is C19H22O. The molecule has 0 radical (unpaired) electrons. The van der Waals surface area contributed by atoms with Crippen molar-refractivity contribution in [2.75, 3.05) is 0 Å². The topological polar surface area (TPSA) is 17.1 Å². The van der Waals surface area contributed by atoms with E-state index in [1.165, 1.54) is 22.3 Å². The van der Waals surface area contributed by atoms with E-state index in [1.54, 1.807) is 0 Å². The van der Waals surface area contributed by atoms with Crippen LogP contribution < -0.4 is 0 Å². The first-order valence-electron chi connectivity index (χ1n) is 7.18. The zero-order valence-electron chi connectivity index (χ0n) is 12.6. The monoisotopic (exact) mass is 266 g/mol. The Hall–Kier alpha value is -1.89. The van der Waals surface area contributed by atoms with Crippen LogP contribution in [-0.4, -0.2) is 5.78 Å². The maximum absolute atomic E-state index is 12.1. The fourth-order valence-corrected chi connectivity index (χ4v) is 2.38. The SMILES string of the molecule is Cc1cccc(CCC(=O)Cc2ccc(C)c(C)c2)c1. The quantitative estimate of drug-likeness (QED) is 0.786. The van der Waals surface area contributed by atoms with Crippen LogP contribution in [0.4, 0.5) is 0 Å². The molecule has 2 rings (SSSR count). The molecule has 0 saturated heterocycles. The van der Waals surface area contributed by atoms with Crippen LogP contribution >= 0.6 is 0 Å². The summed E-state index contributed by atoms with van der Waals surface area (Å²) in [7, 11) is 0. The number of hydrogen-bond donors (Lipinski definition) is 0. The van der Waals surface area contributed by atoms with Gasteiger partial charge in [-0.3, -0.25) is 4.79 Å².